The summed E-state index contributed by atoms with van der Waals surface area (Å²) in [4.78, 5) is 34.6. The highest BCUT2D eigenvalue weighted by atomic mass is 19.1. The summed E-state index contributed by atoms with van der Waals surface area (Å²) in [6.07, 6.45) is 5.43. The second-order valence-electron chi connectivity index (χ2n) is 14.2. The lowest BCUT2D eigenvalue weighted by Gasteiger charge is -2.38. The molecule has 0 atom stereocenters. The smallest absolute Gasteiger partial charge is 0.407 e. The zero-order valence-corrected chi connectivity index (χ0v) is 28.3. The van der Waals surface area contributed by atoms with E-state index in [1.807, 2.05) is 57.2 Å². The van der Waals surface area contributed by atoms with E-state index in [2.05, 4.69) is 25.2 Å². The van der Waals surface area contributed by atoms with Crippen molar-refractivity contribution in [2.75, 3.05) is 31.1 Å². The van der Waals surface area contributed by atoms with Crippen molar-refractivity contribution >= 4 is 22.8 Å². The van der Waals surface area contributed by atoms with Gasteiger partial charge in [0.15, 0.2) is 5.52 Å². The number of halogens is 1. The van der Waals surface area contributed by atoms with Crippen molar-refractivity contribution in [2.45, 2.75) is 83.7 Å². The minimum absolute atomic E-state index is 0.104. The molecule has 0 saturated carbocycles. The van der Waals surface area contributed by atoms with Gasteiger partial charge in [0.25, 0.3) is 5.56 Å². The van der Waals surface area contributed by atoms with Crippen molar-refractivity contribution in [1.82, 2.24) is 29.5 Å². The number of anilines is 1. The predicted octanol–water partition coefficient (Wildman–Crippen LogP) is 4.98. The maximum atomic E-state index is 15.1. The second kappa shape index (κ2) is 13.7. The lowest BCUT2D eigenvalue weighted by molar-refractivity contribution is -0.0366. The van der Waals surface area contributed by atoms with E-state index in [0.717, 1.165) is 42.7 Å². The zero-order valence-electron chi connectivity index (χ0n) is 28.3. The quantitative estimate of drug-likeness (QED) is 0.272. The van der Waals surface area contributed by atoms with E-state index < -0.39 is 17.3 Å². The Morgan fingerprint density at radius 2 is 1.73 bits per heavy atom. The molecule has 6 rings (SSSR count). The van der Waals surface area contributed by atoms with Crippen LogP contribution in [0.2, 0.25) is 0 Å². The summed E-state index contributed by atoms with van der Waals surface area (Å²) >= 11 is 0. The summed E-state index contributed by atoms with van der Waals surface area (Å²) < 4.78 is 23.4. The van der Waals surface area contributed by atoms with Gasteiger partial charge in [-0.2, -0.15) is 5.10 Å². The predicted molar refractivity (Wildman–Crippen MR) is 183 cm³/mol. The molecule has 256 valence electrons. The molecule has 0 spiro atoms. The van der Waals surface area contributed by atoms with E-state index >= 15 is 4.39 Å². The highest BCUT2D eigenvalue weighted by Gasteiger charge is 2.34. The molecule has 2 saturated heterocycles. The Bertz CT molecular complexity index is 1820. The molecule has 0 unspecified atom stereocenters. The van der Waals surface area contributed by atoms with E-state index in [-0.39, 0.29) is 23.4 Å². The lowest BCUT2D eigenvalue weighted by atomic mass is 9.91. The van der Waals surface area contributed by atoms with Crippen LogP contribution in [0.5, 0.6) is 0 Å². The molecule has 2 N–H and O–H groups in total. The molecule has 2 aromatic carbocycles. The number of ether oxygens (including phenoxy) is 1. The van der Waals surface area contributed by atoms with Gasteiger partial charge < -0.3 is 20.1 Å². The summed E-state index contributed by atoms with van der Waals surface area (Å²) in [7, 11) is 1.77. The van der Waals surface area contributed by atoms with Gasteiger partial charge in [0.05, 0.1) is 24.2 Å². The fourth-order valence-corrected chi connectivity index (χ4v) is 6.66. The summed E-state index contributed by atoms with van der Waals surface area (Å²) in [5, 5.41) is 18.7. The number of likely N-dealkylation sites (tertiary alicyclic amines) is 1. The van der Waals surface area contributed by atoms with E-state index in [9.17, 15) is 14.7 Å². The number of hydrogen-bond donors (Lipinski definition) is 2. The van der Waals surface area contributed by atoms with E-state index in [1.165, 1.54) is 17.3 Å². The molecule has 2 aliphatic heterocycles. The highest BCUT2D eigenvalue weighted by molar-refractivity contribution is 5.89. The molecule has 2 aliphatic rings. The lowest BCUT2D eigenvalue weighted by Crippen LogP contribution is -2.47. The molecule has 0 radical (unpaired) electrons. The first-order chi connectivity index (χ1) is 22.9. The number of aromatic nitrogens is 4. The molecule has 48 heavy (non-hydrogen) atoms. The molecular weight excluding hydrogens is 613 g/mol. The first kappa shape index (κ1) is 33.6. The number of alkyl carbamates (subject to hydrolysis) is 1. The number of aliphatic hydroxyl groups is 1. The maximum Gasteiger partial charge on any atom is 0.407 e. The third kappa shape index (κ3) is 7.71. The Kier molecular flexibility index (Phi) is 9.57. The van der Waals surface area contributed by atoms with E-state index in [0.29, 0.717) is 55.8 Å². The first-order valence-corrected chi connectivity index (χ1v) is 16.8. The van der Waals surface area contributed by atoms with E-state index in [1.54, 1.807) is 17.8 Å². The third-order valence-corrected chi connectivity index (χ3v) is 9.28. The number of fused-ring (bicyclic) bond motifs is 1. The fraction of sp³-hybridized carbons (Fsp3) is 0.500. The number of aryl methyl sites for hydroxylation is 1. The number of carbonyl (C=O) groups excluding carboxylic acids is 1. The monoisotopic (exact) mass is 659 g/mol. The Hall–Kier alpha value is -4.29. The van der Waals surface area contributed by atoms with Gasteiger partial charge in [-0.05, 0) is 70.6 Å². The summed E-state index contributed by atoms with van der Waals surface area (Å²) in [5.74, 6) is -0.189. The average molecular weight is 660 g/mol. The molecule has 4 aromatic rings. The SMILES string of the molecule is Cn1nc2c(=O)n(CC3(O)CCN(Cc4ccc(N5CCCCC5)cc4F)CC3)cnc2c1-c1ccc(CNC(=O)OC(C)(C)C)cc1. The molecule has 11 nitrogen and oxygen atoms in total. The van der Waals surface area contributed by atoms with Crippen molar-refractivity contribution in [3.05, 3.63) is 76.1 Å². The number of nitrogens with one attached hydrogen (secondary N) is 1. The topological polar surface area (TPSA) is 118 Å². The largest absolute Gasteiger partial charge is 0.444 e. The van der Waals surface area contributed by atoms with Crippen molar-refractivity contribution in [1.29, 1.82) is 0 Å². The van der Waals surface area contributed by atoms with Crippen LogP contribution in [0.4, 0.5) is 14.9 Å². The third-order valence-electron chi connectivity index (χ3n) is 9.28. The van der Waals surface area contributed by atoms with Crippen LogP contribution in [0.15, 0.2) is 53.6 Å². The number of benzene rings is 2. The molecule has 0 bridgehead atoms. The number of rotatable bonds is 8. The van der Waals surface area contributed by atoms with Crippen molar-refractivity contribution in [2.24, 2.45) is 7.05 Å². The Labute approximate surface area is 280 Å². The number of piperidine rings is 2. The Balaban J connectivity index is 1.08. The van der Waals surface area contributed by atoms with Crippen LogP contribution in [-0.2, 0) is 31.4 Å². The second-order valence-corrected chi connectivity index (χ2v) is 14.2. The average Bonchev–Trinajstić information content (AvgIpc) is 3.40. The van der Waals surface area contributed by atoms with Crippen LogP contribution in [-0.4, -0.2) is 72.8 Å². The summed E-state index contributed by atoms with van der Waals surface area (Å²) in [5.41, 5.74) is 2.76. The number of hydrogen-bond acceptors (Lipinski definition) is 8. The Morgan fingerprint density at radius 3 is 2.40 bits per heavy atom. The Morgan fingerprint density at radius 1 is 1.02 bits per heavy atom. The van der Waals surface area contributed by atoms with Crippen molar-refractivity contribution in [3.8, 4) is 11.3 Å². The molecule has 1 amide bonds. The van der Waals surface area contributed by atoms with Gasteiger partial charge in [-0.15, -0.1) is 0 Å². The fourth-order valence-electron chi connectivity index (χ4n) is 6.66. The van der Waals surface area contributed by atoms with Crippen molar-refractivity contribution in [3.63, 3.8) is 0 Å². The molecule has 2 fully saturated rings. The first-order valence-electron chi connectivity index (χ1n) is 16.8. The van der Waals surface area contributed by atoms with Gasteiger partial charge in [-0.25, -0.2) is 14.2 Å². The minimum Gasteiger partial charge on any atom is -0.444 e. The van der Waals surface area contributed by atoms with Crippen LogP contribution < -0.4 is 15.8 Å². The zero-order chi connectivity index (χ0) is 34.1. The van der Waals surface area contributed by atoms with Crippen LogP contribution in [0, 0.1) is 5.82 Å². The molecule has 0 aliphatic carbocycles. The highest BCUT2D eigenvalue weighted by Crippen LogP contribution is 2.29. The number of nitrogens with zero attached hydrogens (tertiary/aromatic N) is 6. The van der Waals surface area contributed by atoms with Gasteiger partial charge >= 0.3 is 6.09 Å². The van der Waals surface area contributed by atoms with Crippen LogP contribution in [0.3, 0.4) is 0 Å². The van der Waals surface area contributed by atoms with Crippen LogP contribution >= 0.6 is 0 Å². The van der Waals surface area contributed by atoms with Gasteiger partial charge in [0.1, 0.15) is 16.9 Å². The van der Waals surface area contributed by atoms with Crippen LogP contribution in [0.1, 0.15) is 64.0 Å². The van der Waals surface area contributed by atoms with Gasteiger partial charge in [0, 0.05) is 63.1 Å². The van der Waals surface area contributed by atoms with Crippen LogP contribution in [0.25, 0.3) is 22.3 Å². The molecular formula is C36H46FN7O4. The normalized spacial score (nSPS) is 17.1. The summed E-state index contributed by atoms with van der Waals surface area (Å²) in [6.45, 7) is 9.47. The minimum atomic E-state index is -1.09. The standard InChI is InChI=1S/C36H46FN7O4/c1-35(2,3)48-34(46)38-21-25-8-10-26(11-9-25)32-30-31(40-41(32)4)33(45)44(24-39-30)23-36(47)14-18-42(19-15-36)22-27-12-13-28(20-29(27)37)43-16-6-5-7-17-43/h8-13,20,24,47H,5-7,14-19,21-23H2,1-4H3,(H,38,46). The molecule has 4 heterocycles. The molecule has 2 aromatic heterocycles. The number of amides is 1. The summed E-state index contributed by atoms with van der Waals surface area (Å²) in [6, 6.07) is 13.2. The van der Waals surface area contributed by atoms with Gasteiger partial charge in [-0.3, -0.25) is 18.9 Å². The van der Waals surface area contributed by atoms with Crippen molar-refractivity contribution < 1.29 is 19.0 Å². The van der Waals surface area contributed by atoms with Gasteiger partial charge in [-0.1, -0.05) is 30.3 Å². The number of carbonyl (C=O) groups is 1. The van der Waals surface area contributed by atoms with Gasteiger partial charge in [0.2, 0.25) is 0 Å². The maximum absolute atomic E-state index is 15.1. The molecule has 12 heteroatoms. The van der Waals surface area contributed by atoms with E-state index in [4.69, 9.17) is 4.74 Å².